The summed E-state index contributed by atoms with van der Waals surface area (Å²) in [5.41, 5.74) is 3.21. The average molecular weight is 244 g/mol. The van der Waals surface area contributed by atoms with Crippen molar-refractivity contribution in [1.29, 1.82) is 0 Å². The highest BCUT2D eigenvalue weighted by molar-refractivity contribution is 7.15. The number of thiazole rings is 1. The van der Waals surface area contributed by atoms with Crippen molar-refractivity contribution in [3.8, 4) is 17.0 Å². The normalized spacial score (nSPS) is 10.9. The van der Waals surface area contributed by atoms with E-state index in [-0.39, 0.29) is 0 Å². The summed E-state index contributed by atoms with van der Waals surface area (Å²) in [6.45, 7) is 2.07. The summed E-state index contributed by atoms with van der Waals surface area (Å²) in [5, 5.41) is 2.03. The lowest BCUT2D eigenvalue weighted by Gasteiger charge is -2.06. The van der Waals surface area contributed by atoms with E-state index in [4.69, 9.17) is 4.74 Å². The Balaban J connectivity index is 2.20. The van der Waals surface area contributed by atoms with E-state index in [1.165, 1.54) is 5.56 Å². The van der Waals surface area contributed by atoms with Crippen LogP contribution in [0.1, 0.15) is 5.56 Å². The Hall–Kier alpha value is -1.81. The van der Waals surface area contributed by atoms with Gasteiger partial charge in [0.1, 0.15) is 5.75 Å². The van der Waals surface area contributed by atoms with Crippen molar-refractivity contribution >= 4 is 16.3 Å². The zero-order valence-electron chi connectivity index (χ0n) is 9.68. The third kappa shape index (κ3) is 1.70. The largest absolute Gasteiger partial charge is 0.496 e. The summed E-state index contributed by atoms with van der Waals surface area (Å²) < 4.78 is 7.41. The predicted octanol–water partition coefficient (Wildman–Crippen LogP) is 3.38. The molecule has 0 atom stereocenters. The molecule has 0 unspecified atom stereocenters. The first-order valence-electron chi connectivity index (χ1n) is 5.35. The van der Waals surface area contributed by atoms with Gasteiger partial charge in [0.2, 0.25) is 0 Å². The van der Waals surface area contributed by atoms with Crippen LogP contribution in [0, 0.1) is 6.92 Å². The monoisotopic (exact) mass is 244 g/mol. The van der Waals surface area contributed by atoms with Gasteiger partial charge >= 0.3 is 0 Å². The Labute approximate surface area is 103 Å². The molecular weight excluding hydrogens is 232 g/mol. The molecule has 1 aromatic carbocycles. The Kier molecular flexibility index (Phi) is 2.37. The second kappa shape index (κ2) is 3.89. The summed E-state index contributed by atoms with van der Waals surface area (Å²) in [7, 11) is 1.69. The molecule has 0 spiro atoms. The van der Waals surface area contributed by atoms with Gasteiger partial charge in [-0.2, -0.15) is 0 Å². The van der Waals surface area contributed by atoms with E-state index in [0.717, 1.165) is 22.0 Å². The Bertz CT molecular complexity index is 640. The van der Waals surface area contributed by atoms with Crippen LogP contribution in [0.15, 0.2) is 36.0 Å². The van der Waals surface area contributed by atoms with Crippen molar-refractivity contribution in [2.75, 3.05) is 7.11 Å². The molecule has 0 aliphatic carbocycles. The molecular formula is C13H12N2OS. The fourth-order valence-electron chi connectivity index (χ4n) is 1.88. The zero-order valence-corrected chi connectivity index (χ0v) is 10.5. The van der Waals surface area contributed by atoms with Gasteiger partial charge in [0.05, 0.1) is 12.8 Å². The second-order valence-electron chi connectivity index (χ2n) is 3.92. The maximum Gasteiger partial charge on any atom is 0.194 e. The molecule has 0 aliphatic heterocycles. The van der Waals surface area contributed by atoms with Crippen LogP contribution in [0.25, 0.3) is 16.2 Å². The minimum Gasteiger partial charge on any atom is -0.496 e. The minimum atomic E-state index is 0.862. The molecule has 0 N–H and O–H groups in total. The standard InChI is InChI=1S/C13H12N2OS/c1-9-3-4-12(16-2)10(7-9)11-8-15-5-6-17-13(15)14-11/h3-8H,1-2H3. The third-order valence-electron chi connectivity index (χ3n) is 2.72. The molecule has 0 saturated heterocycles. The van der Waals surface area contributed by atoms with Crippen molar-refractivity contribution in [2.45, 2.75) is 6.92 Å². The van der Waals surface area contributed by atoms with Gasteiger partial charge in [-0.1, -0.05) is 11.6 Å². The van der Waals surface area contributed by atoms with Crippen LogP contribution in [0.4, 0.5) is 0 Å². The van der Waals surface area contributed by atoms with E-state index in [2.05, 4.69) is 18.0 Å². The molecule has 86 valence electrons. The summed E-state index contributed by atoms with van der Waals surface area (Å²) in [6.07, 6.45) is 4.04. The van der Waals surface area contributed by atoms with E-state index in [0.29, 0.717) is 0 Å². The van der Waals surface area contributed by atoms with Crippen LogP contribution < -0.4 is 4.74 Å². The number of hydrogen-bond acceptors (Lipinski definition) is 3. The molecule has 3 rings (SSSR count). The van der Waals surface area contributed by atoms with Gasteiger partial charge in [0.25, 0.3) is 0 Å². The maximum atomic E-state index is 5.38. The van der Waals surface area contributed by atoms with Crippen LogP contribution >= 0.6 is 11.3 Å². The molecule has 2 aromatic heterocycles. The fourth-order valence-corrected chi connectivity index (χ4v) is 2.58. The number of imidazole rings is 1. The first kappa shape index (κ1) is 10.4. The lowest BCUT2D eigenvalue weighted by molar-refractivity contribution is 0.416. The number of rotatable bonds is 2. The second-order valence-corrected chi connectivity index (χ2v) is 4.80. The van der Waals surface area contributed by atoms with E-state index < -0.39 is 0 Å². The Morgan fingerprint density at radius 1 is 1.35 bits per heavy atom. The minimum absolute atomic E-state index is 0.862. The Morgan fingerprint density at radius 3 is 3.00 bits per heavy atom. The Morgan fingerprint density at radius 2 is 2.24 bits per heavy atom. The third-order valence-corrected chi connectivity index (χ3v) is 3.49. The van der Waals surface area contributed by atoms with Gasteiger partial charge in [-0.15, -0.1) is 11.3 Å². The number of benzene rings is 1. The van der Waals surface area contributed by atoms with Crippen LogP contribution in [0.2, 0.25) is 0 Å². The predicted molar refractivity (Wildman–Crippen MR) is 69.8 cm³/mol. The van der Waals surface area contributed by atoms with Crippen molar-refractivity contribution < 1.29 is 4.74 Å². The lowest BCUT2D eigenvalue weighted by atomic mass is 10.1. The number of hydrogen-bond donors (Lipinski definition) is 0. The van der Waals surface area contributed by atoms with Gasteiger partial charge in [0, 0.05) is 23.3 Å². The highest BCUT2D eigenvalue weighted by Gasteiger charge is 2.10. The number of aryl methyl sites for hydroxylation is 1. The van der Waals surface area contributed by atoms with Crippen molar-refractivity contribution in [3.05, 3.63) is 41.5 Å². The van der Waals surface area contributed by atoms with Crippen molar-refractivity contribution in [1.82, 2.24) is 9.38 Å². The summed E-state index contributed by atoms with van der Waals surface area (Å²) in [6, 6.07) is 6.13. The number of ether oxygens (including phenoxy) is 1. The average Bonchev–Trinajstić information content (AvgIpc) is 2.88. The van der Waals surface area contributed by atoms with Crippen molar-refractivity contribution in [3.63, 3.8) is 0 Å². The molecule has 3 aromatic rings. The molecule has 0 radical (unpaired) electrons. The highest BCUT2D eigenvalue weighted by Crippen LogP contribution is 2.30. The molecule has 4 heteroatoms. The van der Waals surface area contributed by atoms with Crippen LogP contribution in [-0.4, -0.2) is 16.5 Å². The van der Waals surface area contributed by atoms with E-state index in [1.807, 2.05) is 34.3 Å². The van der Waals surface area contributed by atoms with Gasteiger partial charge < -0.3 is 4.74 Å². The topological polar surface area (TPSA) is 26.5 Å². The fraction of sp³-hybridized carbons (Fsp3) is 0.154. The molecule has 3 nitrogen and oxygen atoms in total. The first-order chi connectivity index (χ1) is 8.28. The molecule has 0 fully saturated rings. The molecule has 17 heavy (non-hydrogen) atoms. The van der Waals surface area contributed by atoms with Crippen LogP contribution in [-0.2, 0) is 0 Å². The zero-order chi connectivity index (χ0) is 11.8. The number of nitrogens with zero attached hydrogens (tertiary/aromatic N) is 2. The van der Waals surface area contributed by atoms with Gasteiger partial charge in [0.15, 0.2) is 4.96 Å². The summed E-state index contributed by atoms with van der Waals surface area (Å²) in [5.74, 6) is 0.862. The van der Waals surface area contributed by atoms with Gasteiger partial charge in [-0.25, -0.2) is 4.98 Å². The summed E-state index contributed by atoms with van der Waals surface area (Å²) >= 11 is 1.63. The molecule has 0 amide bonds. The number of aromatic nitrogens is 2. The van der Waals surface area contributed by atoms with E-state index in [1.54, 1.807) is 18.4 Å². The van der Waals surface area contributed by atoms with Gasteiger partial charge in [-0.3, -0.25) is 4.40 Å². The SMILES string of the molecule is COc1ccc(C)cc1-c1cn2ccsc2n1. The lowest BCUT2D eigenvalue weighted by Crippen LogP contribution is -1.88. The quantitative estimate of drug-likeness (QED) is 0.691. The van der Waals surface area contributed by atoms with E-state index >= 15 is 0 Å². The smallest absolute Gasteiger partial charge is 0.194 e. The molecule has 0 saturated carbocycles. The van der Waals surface area contributed by atoms with Gasteiger partial charge in [-0.05, 0) is 19.1 Å². The van der Waals surface area contributed by atoms with Crippen LogP contribution in [0.3, 0.4) is 0 Å². The molecule has 2 heterocycles. The highest BCUT2D eigenvalue weighted by atomic mass is 32.1. The van der Waals surface area contributed by atoms with E-state index in [9.17, 15) is 0 Å². The molecule has 0 aliphatic rings. The summed E-state index contributed by atoms with van der Waals surface area (Å²) in [4.78, 5) is 5.60. The maximum absolute atomic E-state index is 5.38. The number of methoxy groups -OCH3 is 1. The first-order valence-corrected chi connectivity index (χ1v) is 6.23. The van der Waals surface area contributed by atoms with Crippen molar-refractivity contribution in [2.24, 2.45) is 0 Å². The van der Waals surface area contributed by atoms with Crippen LogP contribution in [0.5, 0.6) is 5.75 Å². The molecule has 0 bridgehead atoms. The number of fused-ring (bicyclic) bond motifs is 1.